The highest BCUT2D eigenvalue weighted by Crippen LogP contribution is 2.16. The Kier molecular flexibility index (Phi) is 4.43. The van der Waals surface area contributed by atoms with Gasteiger partial charge in [0.05, 0.1) is 12.7 Å². The normalized spacial score (nSPS) is 13.5. The highest BCUT2D eigenvalue weighted by molar-refractivity contribution is 5.89. The van der Waals surface area contributed by atoms with Gasteiger partial charge in [0.2, 0.25) is 0 Å². The summed E-state index contributed by atoms with van der Waals surface area (Å²) in [7, 11) is 1.27. The maximum atomic E-state index is 13.8. The molecule has 2 aromatic rings. The lowest BCUT2D eigenvalue weighted by atomic mass is 10.2. The number of alkyl halides is 1. The first-order valence-corrected chi connectivity index (χ1v) is 5.93. The summed E-state index contributed by atoms with van der Waals surface area (Å²) in [5.74, 6) is -2.81. The quantitative estimate of drug-likeness (QED) is 0.760. The standard InChI is InChI=1S/C12H13FN4O4/c1-20-11(18)9-2-4-10(5-3-9)21-7-12(13,19)6-17-8-14-15-16-17/h2-5,8,19H,6-7H2,1H3/t12-/m0/s1. The Morgan fingerprint density at radius 2 is 2.14 bits per heavy atom. The van der Waals surface area contributed by atoms with Crippen LogP contribution in [-0.2, 0) is 11.3 Å². The number of methoxy groups -OCH3 is 1. The average molecular weight is 296 g/mol. The second-order valence-electron chi connectivity index (χ2n) is 4.23. The zero-order valence-corrected chi connectivity index (χ0v) is 11.1. The van der Waals surface area contributed by atoms with Crippen molar-refractivity contribution in [2.45, 2.75) is 12.4 Å². The van der Waals surface area contributed by atoms with Gasteiger partial charge in [-0.15, -0.1) is 5.10 Å². The Bertz CT molecular complexity index is 586. The number of nitrogens with zero attached hydrogens (tertiary/aromatic N) is 4. The molecule has 0 saturated heterocycles. The summed E-state index contributed by atoms with van der Waals surface area (Å²) in [5, 5.41) is 19.6. The molecular weight excluding hydrogens is 283 g/mol. The van der Waals surface area contributed by atoms with Crippen molar-refractivity contribution >= 4 is 5.97 Å². The molecule has 112 valence electrons. The van der Waals surface area contributed by atoms with E-state index in [2.05, 4.69) is 20.3 Å². The highest BCUT2D eigenvalue weighted by Gasteiger charge is 2.28. The van der Waals surface area contributed by atoms with Gasteiger partial charge in [-0.3, -0.25) is 0 Å². The number of hydrogen-bond donors (Lipinski definition) is 1. The number of aromatic nitrogens is 4. The predicted molar refractivity (Wildman–Crippen MR) is 67.2 cm³/mol. The Morgan fingerprint density at radius 3 is 2.71 bits per heavy atom. The molecule has 0 aliphatic heterocycles. The second-order valence-corrected chi connectivity index (χ2v) is 4.23. The molecule has 0 saturated carbocycles. The number of rotatable bonds is 6. The monoisotopic (exact) mass is 296 g/mol. The van der Waals surface area contributed by atoms with Gasteiger partial charge in [-0.25, -0.2) is 13.9 Å². The molecule has 1 aromatic carbocycles. The van der Waals surface area contributed by atoms with Gasteiger partial charge in [-0.1, -0.05) is 0 Å². The Labute approximate surface area is 119 Å². The van der Waals surface area contributed by atoms with Gasteiger partial charge < -0.3 is 14.6 Å². The number of esters is 1. The van der Waals surface area contributed by atoms with E-state index in [9.17, 15) is 14.3 Å². The first-order valence-electron chi connectivity index (χ1n) is 5.93. The lowest BCUT2D eigenvalue weighted by Crippen LogP contribution is -2.36. The molecule has 2 rings (SSSR count). The van der Waals surface area contributed by atoms with Crippen molar-refractivity contribution in [1.29, 1.82) is 0 Å². The molecule has 1 heterocycles. The Balaban J connectivity index is 1.91. The molecule has 0 spiro atoms. The molecule has 0 aliphatic carbocycles. The largest absolute Gasteiger partial charge is 0.488 e. The molecule has 0 radical (unpaired) electrons. The maximum absolute atomic E-state index is 13.8. The van der Waals surface area contributed by atoms with Gasteiger partial charge in [-0.2, -0.15) is 0 Å². The molecule has 1 atom stereocenters. The van der Waals surface area contributed by atoms with Crippen molar-refractivity contribution in [1.82, 2.24) is 20.2 Å². The van der Waals surface area contributed by atoms with Crippen LogP contribution in [-0.4, -0.2) is 50.9 Å². The fourth-order valence-corrected chi connectivity index (χ4v) is 1.55. The zero-order valence-electron chi connectivity index (χ0n) is 11.1. The van der Waals surface area contributed by atoms with Crippen molar-refractivity contribution in [2.75, 3.05) is 13.7 Å². The number of ether oxygens (including phenoxy) is 2. The van der Waals surface area contributed by atoms with Crippen molar-refractivity contribution < 1.29 is 23.8 Å². The van der Waals surface area contributed by atoms with E-state index in [1.807, 2.05) is 0 Å². The van der Waals surface area contributed by atoms with E-state index in [1.165, 1.54) is 37.7 Å². The van der Waals surface area contributed by atoms with Crippen LogP contribution in [0.15, 0.2) is 30.6 Å². The van der Waals surface area contributed by atoms with Gasteiger partial charge in [0.1, 0.15) is 25.2 Å². The minimum absolute atomic E-state index is 0.301. The Morgan fingerprint density at radius 1 is 1.43 bits per heavy atom. The minimum Gasteiger partial charge on any atom is -0.488 e. The summed E-state index contributed by atoms with van der Waals surface area (Å²) in [6, 6.07) is 5.89. The van der Waals surface area contributed by atoms with E-state index < -0.39 is 25.0 Å². The van der Waals surface area contributed by atoms with Crippen LogP contribution >= 0.6 is 0 Å². The SMILES string of the molecule is COC(=O)c1ccc(OC[C@](O)(F)Cn2cnnn2)cc1. The van der Waals surface area contributed by atoms with Crippen LogP contribution in [0.4, 0.5) is 4.39 Å². The van der Waals surface area contributed by atoms with E-state index in [0.717, 1.165) is 4.68 Å². The number of hydrogen-bond acceptors (Lipinski definition) is 7. The first kappa shape index (κ1) is 14.9. The van der Waals surface area contributed by atoms with Gasteiger partial charge in [0.15, 0.2) is 0 Å². The molecule has 0 aliphatic rings. The number of benzene rings is 1. The topological polar surface area (TPSA) is 99.4 Å². The van der Waals surface area contributed by atoms with Gasteiger partial charge in [0.25, 0.3) is 5.85 Å². The lowest BCUT2D eigenvalue weighted by molar-refractivity contribution is -0.129. The fraction of sp³-hybridized carbons (Fsp3) is 0.333. The summed E-state index contributed by atoms with van der Waals surface area (Å²) in [6.45, 7) is -1.06. The molecule has 0 bridgehead atoms. The number of tetrazole rings is 1. The molecule has 9 heteroatoms. The molecule has 1 N–H and O–H groups in total. The number of halogens is 1. The van der Waals surface area contributed by atoms with E-state index in [0.29, 0.717) is 11.3 Å². The van der Waals surface area contributed by atoms with Crippen LogP contribution in [0.25, 0.3) is 0 Å². The summed E-state index contributed by atoms with van der Waals surface area (Å²) >= 11 is 0. The van der Waals surface area contributed by atoms with Crippen molar-refractivity contribution in [3.8, 4) is 5.75 Å². The highest BCUT2D eigenvalue weighted by atomic mass is 19.2. The van der Waals surface area contributed by atoms with Crippen molar-refractivity contribution in [2.24, 2.45) is 0 Å². The smallest absolute Gasteiger partial charge is 0.337 e. The van der Waals surface area contributed by atoms with Gasteiger partial charge >= 0.3 is 5.97 Å². The lowest BCUT2D eigenvalue weighted by Gasteiger charge is -2.18. The number of carbonyl (C=O) groups is 1. The third-order valence-electron chi connectivity index (χ3n) is 2.53. The number of carbonyl (C=O) groups excluding carboxylic acids is 1. The Hall–Kier alpha value is -2.55. The molecule has 1 aromatic heterocycles. The van der Waals surface area contributed by atoms with E-state index in [4.69, 9.17) is 4.74 Å². The van der Waals surface area contributed by atoms with Crippen LogP contribution in [0.5, 0.6) is 5.75 Å². The molecule has 0 unspecified atom stereocenters. The number of aliphatic hydroxyl groups is 1. The third kappa shape index (κ3) is 4.21. The van der Waals surface area contributed by atoms with Crippen molar-refractivity contribution in [3.63, 3.8) is 0 Å². The van der Waals surface area contributed by atoms with E-state index in [1.54, 1.807) is 0 Å². The minimum atomic E-state index is -2.63. The van der Waals surface area contributed by atoms with Crippen LogP contribution in [0.1, 0.15) is 10.4 Å². The fourth-order valence-electron chi connectivity index (χ4n) is 1.55. The maximum Gasteiger partial charge on any atom is 0.337 e. The predicted octanol–water partition coefficient (Wildman–Crippen LogP) is 0.197. The summed E-state index contributed by atoms with van der Waals surface area (Å²) < 4.78 is 24.6. The van der Waals surface area contributed by atoms with E-state index in [-0.39, 0.29) is 0 Å². The summed E-state index contributed by atoms with van der Waals surface area (Å²) in [5.41, 5.74) is 0.342. The molecule has 0 fully saturated rings. The van der Waals surface area contributed by atoms with Crippen LogP contribution < -0.4 is 4.74 Å². The average Bonchev–Trinajstić information content (AvgIpc) is 2.97. The molecule has 8 nitrogen and oxygen atoms in total. The molecule has 0 amide bonds. The third-order valence-corrected chi connectivity index (χ3v) is 2.53. The van der Waals surface area contributed by atoms with Gasteiger partial charge in [0, 0.05) is 0 Å². The summed E-state index contributed by atoms with van der Waals surface area (Å²) in [6.07, 6.45) is 1.18. The van der Waals surface area contributed by atoms with Crippen LogP contribution in [0.3, 0.4) is 0 Å². The van der Waals surface area contributed by atoms with E-state index >= 15 is 0 Å². The zero-order chi connectivity index (χ0) is 15.3. The van der Waals surface area contributed by atoms with Crippen LogP contribution in [0.2, 0.25) is 0 Å². The molecular formula is C12H13FN4O4. The van der Waals surface area contributed by atoms with Crippen molar-refractivity contribution in [3.05, 3.63) is 36.2 Å². The van der Waals surface area contributed by atoms with Crippen LogP contribution in [0, 0.1) is 0 Å². The second kappa shape index (κ2) is 6.27. The van der Waals surface area contributed by atoms with Gasteiger partial charge in [-0.05, 0) is 34.7 Å². The summed E-state index contributed by atoms with van der Waals surface area (Å²) in [4.78, 5) is 11.2. The molecule has 21 heavy (non-hydrogen) atoms. The first-order chi connectivity index (χ1) is 10.00.